The fourth-order valence-corrected chi connectivity index (χ4v) is 1.30. The van der Waals surface area contributed by atoms with Gasteiger partial charge in [-0.05, 0) is 24.6 Å². The van der Waals surface area contributed by atoms with Gasteiger partial charge in [0, 0.05) is 5.69 Å². The SMILES string of the molecule is Cc1c(NC(=O)OCC(F)(F)F)cccc1C(=O)O. The number of benzene rings is 1. The first kappa shape index (κ1) is 14.8. The Bertz CT molecular complexity index is 499. The number of carbonyl (C=O) groups is 2. The van der Waals surface area contributed by atoms with Gasteiger partial charge < -0.3 is 9.84 Å². The first-order chi connectivity index (χ1) is 8.70. The van der Waals surface area contributed by atoms with Crippen LogP contribution in [0.3, 0.4) is 0 Å². The summed E-state index contributed by atoms with van der Waals surface area (Å²) in [4.78, 5) is 21.9. The first-order valence-electron chi connectivity index (χ1n) is 5.04. The molecule has 0 aliphatic carbocycles. The maximum absolute atomic E-state index is 11.8. The number of nitrogens with one attached hydrogen (secondary N) is 1. The highest BCUT2D eigenvalue weighted by Gasteiger charge is 2.29. The summed E-state index contributed by atoms with van der Waals surface area (Å²) in [6.07, 6.45) is -5.92. The Kier molecular flexibility index (Phi) is 4.36. The molecule has 0 spiro atoms. The van der Waals surface area contributed by atoms with Gasteiger partial charge in [0.05, 0.1) is 5.56 Å². The van der Waals surface area contributed by atoms with Gasteiger partial charge in [-0.15, -0.1) is 0 Å². The van der Waals surface area contributed by atoms with Crippen molar-refractivity contribution < 1.29 is 32.6 Å². The van der Waals surface area contributed by atoms with Gasteiger partial charge >= 0.3 is 18.2 Å². The van der Waals surface area contributed by atoms with Crippen molar-refractivity contribution in [3.05, 3.63) is 29.3 Å². The van der Waals surface area contributed by atoms with Crippen molar-refractivity contribution in [3.63, 3.8) is 0 Å². The molecule has 0 unspecified atom stereocenters. The summed E-state index contributed by atoms with van der Waals surface area (Å²) in [5, 5.41) is 10.9. The molecule has 0 bridgehead atoms. The number of hydrogen-bond donors (Lipinski definition) is 2. The first-order valence-corrected chi connectivity index (χ1v) is 5.04. The minimum Gasteiger partial charge on any atom is -0.478 e. The summed E-state index contributed by atoms with van der Waals surface area (Å²) in [5.41, 5.74) is 0.236. The third-order valence-corrected chi connectivity index (χ3v) is 2.17. The van der Waals surface area contributed by atoms with Gasteiger partial charge in [0.2, 0.25) is 0 Å². The van der Waals surface area contributed by atoms with Crippen LogP contribution < -0.4 is 5.32 Å². The van der Waals surface area contributed by atoms with Crippen LogP contribution in [0.25, 0.3) is 0 Å². The standard InChI is InChI=1S/C11H10F3NO4/c1-6-7(9(16)17)3-2-4-8(6)15-10(18)19-5-11(12,13)14/h2-4H,5H2,1H3,(H,15,18)(H,16,17). The van der Waals surface area contributed by atoms with E-state index in [1.165, 1.54) is 25.1 Å². The molecule has 2 N–H and O–H groups in total. The van der Waals surface area contributed by atoms with Crippen LogP contribution in [0.4, 0.5) is 23.7 Å². The molecular formula is C11H10F3NO4. The lowest BCUT2D eigenvalue weighted by molar-refractivity contribution is -0.159. The highest BCUT2D eigenvalue weighted by molar-refractivity contribution is 5.93. The highest BCUT2D eigenvalue weighted by atomic mass is 19.4. The zero-order valence-corrected chi connectivity index (χ0v) is 9.75. The predicted molar refractivity (Wildman–Crippen MR) is 59.2 cm³/mol. The van der Waals surface area contributed by atoms with E-state index in [1.54, 1.807) is 0 Å². The van der Waals surface area contributed by atoms with Crippen molar-refractivity contribution >= 4 is 17.7 Å². The Morgan fingerprint density at radius 3 is 2.53 bits per heavy atom. The van der Waals surface area contributed by atoms with Crippen LogP contribution in [-0.4, -0.2) is 30.0 Å². The third kappa shape index (κ3) is 4.49. The second kappa shape index (κ2) is 5.59. The van der Waals surface area contributed by atoms with Gasteiger partial charge in [0.1, 0.15) is 0 Å². The number of anilines is 1. The number of carbonyl (C=O) groups excluding carboxylic acids is 1. The smallest absolute Gasteiger partial charge is 0.422 e. The van der Waals surface area contributed by atoms with Crippen molar-refractivity contribution in [2.75, 3.05) is 11.9 Å². The summed E-state index contributed by atoms with van der Waals surface area (Å²) >= 11 is 0. The molecule has 0 radical (unpaired) electrons. The number of aromatic carboxylic acids is 1. The van der Waals surface area contributed by atoms with E-state index in [-0.39, 0.29) is 16.8 Å². The number of carboxylic acid groups (broad SMARTS) is 1. The predicted octanol–water partition coefficient (Wildman–Crippen LogP) is 2.80. The molecule has 0 aromatic heterocycles. The van der Waals surface area contributed by atoms with Crippen LogP contribution >= 0.6 is 0 Å². The number of amides is 1. The minimum atomic E-state index is -4.62. The average molecular weight is 277 g/mol. The molecule has 0 aliphatic heterocycles. The summed E-state index contributed by atoms with van der Waals surface area (Å²) in [6.45, 7) is -0.292. The quantitative estimate of drug-likeness (QED) is 0.890. The largest absolute Gasteiger partial charge is 0.478 e. The Balaban J connectivity index is 2.75. The Labute approximate surface area is 106 Å². The average Bonchev–Trinajstić information content (AvgIpc) is 2.28. The lowest BCUT2D eigenvalue weighted by Crippen LogP contribution is -2.23. The molecule has 8 heteroatoms. The number of alkyl halides is 3. The molecule has 0 saturated carbocycles. The molecule has 0 heterocycles. The lowest BCUT2D eigenvalue weighted by atomic mass is 10.1. The van der Waals surface area contributed by atoms with E-state index < -0.39 is 24.8 Å². The van der Waals surface area contributed by atoms with Gasteiger partial charge in [-0.2, -0.15) is 13.2 Å². The van der Waals surface area contributed by atoms with Crippen LogP contribution in [0.2, 0.25) is 0 Å². The Morgan fingerprint density at radius 1 is 1.37 bits per heavy atom. The van der Waals surface area contributed by atoms with Gasteiger partial charge in [-0.25, -0.2) is 9.59 Å². The van der Waals surface area contributed by atoms with Crippen LogP contribution in [0.15, 0.2) is 18.2 Å². The van der Waals surface area contributed by atoms with Gasteiger partial charge in [0.25, 0.3) is 0 Å². The third-order valence-electron chi connectivity index (χ3n) is 2.17. The zero-order chi connectivity index (χ0) is 14.6. The number of hydrogen-bond acceptors (Lipinski definition) is 3. The summed E-state index contributed by atoms with van der Waals surface area (Å²) in [6, 6.07) is 4.02. The molecule has 1 aromatic carbocycles. The lowest BCUT2D eigenvalue weighted by Gasteiger charge is -2.11. The van der Waals surface area contributed by atoms with Crippen molar-refractivity contribution in [3.8, 4) is 0 Å². The maximum atomic E-state index is 11.8. The van der Waals surface area contributed by atoms with Gasteiger partial charge in [-0.1, -0.05) is 6.07 Å². The van der Waals surface area contributed by atoms with Crippen molar-refractivity contribution in [2.45, 2.75) is 13.1 Å². The number of halogens is 3. The number of ether oxygens (including phenoxy) is 1. The summed E-state index contributed by atoms with van der Waals surface area (Å²) < 4.78 is 39.4. The Hall–Kier alpha value is -2.25. The van der Waals surface area contributed by atoms with E-state index in [4.69, 9.17) is 5.11 Å². The summed E-state index contributed by atoms with van der Waals surface area (Å²) in [5.74, 6) is -1.20. The number of rotatable bonds is 3. The van der Waals surface area contributed by atoms with Crippen molar-refractivity contribution in [1.29, 1.82) is 0 Å². The molecule has 0 aliphatic rings. The van der Waals surface area contributed by atoms with Crippen LogP contribution in [-0.2, 0) is 4.74 Å². The van der Waals surface area contributed by atoms with E-state index in [0.717, 1.165) is 0 Å². The fraction of sp³-hybridized carbons (Fsp3) is 0.273. The minimum absolute atomic E-state index is 0.0615. The molecule has 104 valence electrons. The second-order valence-corrected chi connectivity index (χ2v) is 3.60. The summed E-state index contributed by atoms with van der Waals surface area (Å²) in [7, 11) is 0. The molecule has 1 amide bonds. The van der Waals surface area contributed by atoms with Crippen LogP contribution in [0, 0.1) is 6.92 Å². The van der Waals surface area contributed by atoms with Crippen LogP contribution in [0.5, 0.6) is 0 Å². The molecule has 1 aromatic rings. The molecular weight excluding hydrogens is 267 g/mol. The fourth-order valence-electron chi connectivity index (χ4n) is 1.30. The maximum Gasteiger partial charge on any atom is 0.422 e. The molecule has 0 saturated heterocycles. The molecule has 0 fully saturated rings. The van der Waals surface area contributed by atoms with E-state index in [1.807, 2.05) is 0 Å². The normalized spacial score (nSPS) is 10.9. The van der Waals surface area contributed by atoms with E-state index >= 15 is 0 Å². The van der Waals surface area contributed by atoms with Crippen molar-refractivity contribution in [2.24, 2.45) is 0 Å². The number of carboxylic acids is 1. The monoisotopic (exact) mass is 277 g/mol. The van der Waals surface area contributed by atoms with Gasteiger partial charge in [0.15, 0.2) is 6.61 Å². The molecule has 0 atom stereocenters. The van der Waals surface area contributed by atoms with E-state index in [9.17, 15) is 22.8 Å². The zero-order valence-electron chi connectivity index (χ0n) is 9.75. The molecule has 5 nitrogen and oxygen atoms in total. The highest BCUT2D eigenvalue weighted by Crippen LogP contribution is 2.20. The molecule has 1 rings (SSSR count). The topological polar surface area (TPSA) is 75.6 Å². The Morgan fingerprint density at radius 2 is 2.00 bits per heavy atom. The van der Waals surface area contributed by atoms with Gasteiger partial charge in [-0.3, -0.25) is 5.32 Å². The van der Waals surface area contributed by atoms with Crippen molar-refractivity contribution in [1.82, 2.24) is 0 Å². The second-order valence-electron chi connectivity index (χ2n) is 3.60. The van der Waals surface area contributed by atoms with E-state index in [2.05, 4.69) is 10.1 Å². The van der Waals surface area contributed by atoms with E-state index in [0.29, 0.717) is 0 Å². The van der Waals surface area contributed by atoms with Crippen LogP contribution in [0.1, 0.15) is 15.9 Å². The molecule has 19 heavy (non-hydrogen) atoms.